The van der Waals surface area contributed by atoms with E-state index in [9.17, 15) is 5.11 Å². The molecule has 0 radical (unpaired) electrons. The van der Waals surface area contributed by atoms with E-state index in [4.69, 9.17) is 5.10 Å². The lowest BCUT2D eigenvalue weighted by Crippen LogP contribution is -2.03. The smallest absolute Gasteiger partial charge is 0.146 e. The molecule has 1 heterocycles. The van der Waals surface area contributed by atoms with Gasteiger partial charge in [-0.2, -0.15) is 0 Å². The second-order valence-corrected chi connectivity index (χ2v) is 8.45. The zero-order chi connectivity index (χ0) is 21.3. The number of fused-ring (bicyclic) bond motifs is 1. The molecule has 0 spiro atoms. The lowest BCUT2D eigenvalue weighted by molar-refractivity contribution is 0.458. The molecule has 0 fully saturated rings. The van der Waals surface area contributed by atoms with Crippen molar-refractivity contribution in [3.63, 3.8) is 0 Å². The predicted octanol–water partition coefficient (Wildman–Crippen LogP) is 6.93. The molecule has 0 unspecified atom stereocenters. The molecule has 0 atom stereocenters. The summed E-state index contributed by atoms with van der Waals surface area (Å²) in [5.74, 6) is 0.330. The largest absolute Gasteiger partial charge is 0.505 e. The molecule has 0 aliphatic heterocycles. The summed E-state index contributed by atoms with van der Waals surface area (Å²) >= 11 is 0. The highest BCUT2D eigenvalue weighted by atomic mass is 16.3. The molecular weight excluding hydrogens is 370 g/mol. The van der Waals surface area contributed by atoms with E-state index in [1.807, 2.05) is 6.07 Å². The van der Waals surface area contributed by atoms with Gasteiger partial charge in [-0.05, 0) is 73.4 Å². The van der Waals surface area contributed by atoms with E-state index in [0.717, 1.165) is 42.3 Å². The van der Waals surface area contributed by atoms with Gasteiger partial charge in [-0.15, -0.1) is 15.0 Å². The maximum absolute atomic E-state index is 11.0. The fraction of sp³-hybridized carbons (Fsp3) is 0.538. The Morgan fingerprint density at radius 2 is 1.37 bits per heavy atom. The highest BCUT2D eigenvalue weighted by molar-refractivity contribution is 5.75. The molecule has 30 heavy (non-hydrogen) atoms. The van der Waals surface area contributed by atoms with Crippen LogP contribution in [0.3, 0.4) is 0 Å². The molecule has 0 aliphatic carbocycles. The quantitative estimate of drug-likeness (QED) is 0.331. The Morgan fingerprint density at radius 3 is 2.10 bits per heavy atom. The number of phenolic OH excluding ortho intramolecular Hbond substituents is 1. The van der Waals surface area contributed by atoms with E-state index in [-0.39, 0.29) is 0 Å². The van der Waals surface area contributed by atoms with E-state index < -0.39 is 0 Å². The van der Waals surface area contributed by atoms with Crippen molar-refractivity contribution in [2.45, 2.75) is 91.4 Å². The summed E-state index contributed by atoms with van der Waals surface area (Å²) in [6.07, 6.45) is 12.4. The van der Waals surface area contributed by atoms with Gasteiger partial charge in [0.25, 0.3) is 0 Å². The van der Waals surface area contributed by atoms with Gasteiger partial charge in [0.1, 0.15) is 22.5 Å². The van der Waals surface area contributed by atoms with Crippen molar-refractivity contribution < 1.29 is 5.11 Å². The summed E-state index contributed by atoms with van der Waals surface area (Å²) < 4.78 is 0. The van der Waals surface area contributed by atoms with Crippen molar-refractivity contribution in [1.82, 2.24) is 15.0 Å². The van der Waals surface area contributed by atoms with Gasteiger partial charge in [-0.25, -0.2) is 0 Å². The second kappa shape index (κ2) is 11.1. The van der Waals surface area contributed by atoms with Crippen molar-refractivity contribution in [2.75, 3.05) is 0 Å². The molecule has 1 N–H and O–H groups in total. The molecule has 4 heteroatoms. The van der Waals surface area contributed by atoms with Crippen LogP contribution in [-0.2, 0) is 19.3 Å². The predicted molar refractivity (Wildman–Crippen MR) is 126 cm³/mol. The number of phenols is 1. The van der Waals surface area contributed by atoms with Crippen LogP contribution in [0.2, 0.25) is 0 Å². The van der Waals surface area contributed by atoms with Crippen LogP contribution < -0.4 is 0 Å². The zero-order valence-corrected chi connectivity index (χ0v) is 19.0. The van der Waals surface area contributed by atoms with Crippen LogP contribution in [0.1, 0.15) is 88.8 Å². The first kappa shape index (κ1) is 22.3. The molecule has 3 aromatic rings. The molecule has 2 aromatic carbocycles. The molecule has 0 saturated heterocycles. The van der Waals surface area contributed by atoms with Crippen molar-refractivity contribution in [2.24, 2.45) is 0 Å². The summed E-state index contributed by atoms with van der Waals surface area (Å²) in [5.41, 5.74) is 6.08. The number of hydrogen-bond donors (Lipinski definition) is 1. The maximum Gasteiger partial charge on any atom is 0.146 e. The zero-order valence-electron chi connectivity index (χ0n) is 19.0. The van der Waals surface area contributed by atoms with Crippen LogP contribution >= 0.6 is 0 Å². The highest BCUT2D eigenvalue weighted by Crippen LogP contribution is 2.30. The number of benzene rings is 2. The molecule has 0 amide bonds. The van der Waals surface area contributed by atoms with Gasteiger partial charge in [0.05, 0.1) is 0 Å². The Bertz CT molecular complexity index is 945. The van der Waals surface area contributed by atoms with E-state index >= 15 is 0 Å². The highest BCUT2D eigenvalue weighted by Gasteiger charge is 2.15. The Labute approximate surface area is 181 Å². The minimum Gasteiger partial charge on any atom is -0.505 e. The third-order valence-corrected chi connectivity index (χ3v) is 5.83. The van der Waals surface area contributed by atoms with E-state index in [1.165, 1.54) is 56.1 Å². The SMILES string of the molecule is CCCCCc1cc(CCCCC)c(O)c(-n2nc3ccc(CCCC)cc3n2)c1. The van der Waals surface area contributed by atoms with Gasteiger partial charge in [-0.1, -0.05) is 65.0 Å². The topological polar surface area (TPSA) is 50.9 Å². The molecule has 3 rings (SSSR count). The van der Waals surface area contributed by atoms with E-state index in [2.05, 4.69) is 50.1 Å². The van der Waals surface area contributed by atoms with Gasteiger partial charge in [-0.3, -0.25) is 0 Å². The number of aryl methyl sites for hydroxylation is 3. The number of hydrogen-bond acceptors (Lipinski definition) is 3. The third kappa shape index (κ3) is 5.62. The number of nitrogens with zero attached hydrogens (tertiary/aromatic N) is 3. The fourth-order valence-electron chi connectivity index (χ4n) is 3.98. The molecule has 162 valence electrons. The normalized spacial score (nSPS) is 11.4. The first-order chi connectivity index (χ1) is 14.7. The molecule has 0 bridgehead atoms. The van der Waals surface area contributed by atoms with Crippen molar-refractivity contribution >= 4 is 11.0 Å². The summed E-state index contributed by atoms with van der Waals surface area (Å²) in [7, 11) is 0. The summed E-state index contributed by atoms with van der Waals surface area (Å²) in [4.78, 5) is 1.64. The monoisotopic (exact) mass is 407 g/mol. The second-order valence-electron chi connectivity index (χ2n) is 8.45. The Kier molecular flexibility index (Phi) is 8.30. The van der Waals surface area contributed by atoms with Gasteiger partial charge in [0.15, 0.2) is 0 Å². The van der Waals surface area contributed by atoms with Crippen LogP contribution in [0.15, 0.2) is 30.3 Å². The summed E-state index contributed by atoms with van der Waals surface area (Å²) in [6, 6.07) is 10.6. The van der Waals surface area contributed by atoms with E-state index in [1.54, 1.807) is 4.80 Å². The lowest BCUT2D eigenvalue weighted by atomic mass is 9.99. The Hall–Kier alpha value is -2.36. The van der Waals surface area contributed by atoms with Gasteiger partial charge in [0, 0.05) is 0 Å². The van der Waals surface area contributed by atoms with Crippen molar-refractivity contribution in [1.29, 1.82) is 0 Å². The van der Waals surface area contributed by atoms with Gasteiger partial charge in [0.2, 0.25) is 0 Å². The third-order valence-electron chi connectivity index (χ3n) is 5.83. The Balaban J connectivity index is 1.95. The first-order valence-electron chi connectivity index (χ1n) is 11.9. The van der Waals surface area contributed by atoms with Gasteiger partial charge < -0.3 is 5.11 Å². The van der Waals surface area contributed by atoms with Crippen LogP contribution in [0.5, 0.6) is 5.75 Å². The first-order valence-corrected chi connectivity index (χ1v) is 11.9. The Morgan fingerprint density at radius 1 is 0.700 bits per heavy atom. The molecule has 1 aromatic heterocycles. The van der Waals surface area contributed by atoms with Crippen LogP contribution in [0.4, 0.5) is 0 Å². The minimum absolute atomic E-state index is 0.330. The molecule has 4 nitrogen and oxygen atoms in total. The standard InChI is InChI=1S/C26H37N3O/c1-4-7-10-13-21-17-22(14-11-8-5-2)26(30)25(19-21)29-27-23-16-15-20(12-9-6-3)18-24(23)28-29/h15-19,30H,4-14H2,1-3H3. The average Bonchev–Trinajstić information content (AvgIpc) is 3.17. The average molecular weight is 408 g/mol. The number of aromatic nitrogens is 3. The number of rotatable bonds is 12. The van der Waals surface area contributed by atoms with Crippen molar-refractivity contribution in [3.8, 4) is 11.4 Å². The summed E-state index contributed by atoms with van der Waals surface area (Å²) in [6.45, 7) is 6.65. The molecule has 0 saturated carbocycles. The molecule has 0 aliphatic rings. The summed E-state index contributed by atoms with van der Waals surface area (Å²) in [5, 5.41) is 20.5. The van der Waals surface area contributed by atoms with E-state index in [0.29, 0.717) is 11.4 Å². The van der Waals surface area contributed by atoms with Gasteiger partial charge >= 0.3 is 0 Å². The van der Waals surface area contributed by atoms with Crippen molar-refractivity contribution in [3.05, 3.63) is 47.0 Å². The lowest BCUT2D eigenvalue weighted by Gasteiger charge is -2.12. The fourth-order valence-corrected chi connectivity index (χ4v) is 3.98. The minimum atomic E-state index is 0.330. The molecular formula is C26H37N3O. The maximum atomic E-state index is 11.0. The van der Waals surface area contributed by atoms with Crippen LogP contribution in [0, 0.1) is 0 Å². The number of unbranched alkanes of at least 4 members (excludes halogenated alkanes) is 5. The number of aromatic hydroxyl groups is 1. The van der Waals surface area contributed by atoms with Crippen LogP contribution in [0.25, 0.3) is 16.7 Å². The van der Waals surface area contributed by atoms with Crippen LogP contribution in [-0.4, -0.2) is 20.1 Å².